The van der Waals surface area contributed by atoms with Crippen LogP contribution in [0, 0.1) is 6.92 Å². The molecule has 0 saturated carbocycles. The molecule has 21 heavy (non-hydrogen) atoms. The first-order valence-corrected chi connectivity index (χ1v) is 7.94. The topological polar surface area (TPSA) is 44.3 Å². The second kappa shape index (κ2) is 6.71. The van der Waals surface area contributed by atoms with Gasteiger partial charge in [-0.1, -0.05) is 0 Å². The summed E-state index contributed by atoms with van der Waals surface area (Å²) in [6.07, 6.45) is 0. The summed E-state index contributed by atoms with van der Waals surface area (Å²) in [6.45, 7) is 17.1. The molecule has 5 heteroatoms. The number of aromatic nitrogens is 2. The summed E-state index contributed by atoms with van der Waals surface area (Å²) in [6, 6.07) is 2.00. The predicted octanol–water partition coefficient (Wildman–Crippen LogP) is 2.13. The molecule has 2 rings (SSSR count). The number of hydrogen-bond acceptors (Lipinski definition) is 5. The SMILES string of the molecule is CCNc1cc(C)nc(CN2CCN(C(C)(C)C)CC2)n1. The number of anilines is 1. The average Bonchev–Trinajstić information content (AvgIpc) is 2.38. The van der Waals surface area contributed by atoms with Crippen LogP contribution in [-0.4, -0.2) is 58.0 Å². The van der Waals surface area contributed by atoms with Gasteiger partial charge in [-0.25, -0.2) is 9.97 Å². The molecule has 1 aromatic heterocycles. The third kappa shape index (κ3) is 4.64. The minimum absolute atomic E-state index is 0.268. The Hall–Kier alpha value is -1.20. The minimum Gasteiger partial charge on any atom is -0.370 e. The second-order valence-electron chi connectivity index (χ2n) is 6.78. The van der Waals surface area contributed by atoms with Crippen LogP contribution in [0.4, 0.5) is 5.82 Å². The van der Waals surface area contributed by atoms with Crippen molar-refractivity contribution in [3.05, 3.63) is 17.6 Å². The van der Waals surface area contributed by atoms with Crippen LogP contribution in [0.15, 0.2) is 6.07 Å². The Morgan fingerprint density at radius 1 is 1.14 bits per heavy atom. The van der Waals surface area contributed by atoms with E-state index in [1.54, 1.807) is 0 Å². The zero-order valence-electron chi connectivity index (χ0n) is 14.1. The van der Waals surface area contributed by atoms with Crippen molar-refractivity contribution in [2.45, 2.75) is 46.7 Å². The van der Waals surface area contributed by atoms with Crippen molar-refractivity contribution in [1.82, 2.24) is 19.8 Å². The van der Waals surface area contributed by atoms with Gasteiger partial charge in [0.25, 0.3) is 0 Å². The van der Waals surface area contributed by atoms with Crippen LogP contribution >= 0.6 is 0 Å². The highest BCUT2D eigenvalue weighted by molar-refractivity contribution is 5.35. The highest BCUT2D eigenvalue weighted by atomic mass is 15.3. The lowest BCUT2D eigenvalue weighted by Gasteiger charge is -2.42. The molecule has 2 heterocycles. The van der Waals surface area contributed by atoms with Crippen LogP contribution in [0.25, 0.3) is 0 Å². The van der Waals surface area contributed by atoms with Crippen molar-refractivity contribution in [2.24, 2.45) is 0 Å². The van der Waals surface area contributed by atoms with Gasteiger partial charge in [0.2, 0.25) is 0 Å². The number of nitrogens with one attached hydrogen (secondary N) is 1. The maximum absolute atomic E-state index is 4.61. The summed E-state index contributed by atoms with van der Waals surface area (Å²) >= 11 is 0. The van der Waals surface area contributed by atoms with Crippen LogP contribution < -0.4 is 5.32 Å². The zero-order chi connectivity index (χ0) is 15.5. The molecular weight excluding hydrogens is 262 g/mol. The van der Waals surface area contributed by atoms with Crippen molar-refractivity contribution in [1.29, 1.82) is 0 Å². The fourth-order valence-electron chi connectivity index (χ4n) is 2.75. The van der Waals surface area contributed by atoms with Crippen molar-refractivity contribution >= 4 is 5.82 Å². The molecule has 1 N–H and O–H groups in total. The van der Waals surface area contributed by atoms with Gasteiger partial charge in [0.05, 0.1) is 6.54 Å². The van der Waals surface area contributed by atoms with Gasteiger partial charge in [0, 0.05) is 50.0 Å². The molecule has 0 spiro atoms. The first kappa shape index (κ1) is 16.2. The highest BCUT2D eigenvalue weighted by Crippen LogP contribution is 2.17. The Kier molecular flexibility index (Phi) is 5.17. The summed E-state index contributed by atoms with van der Waals surface area (Å²) in [4.78, 5) is 14.2. The molecule has 1 aromatic rings. The number of aryl methyl sites for hydroxylation is 1. The standard InChI is InChI=1S/C16H29N5/c1-6-17-14-11-13(2)18-15(19-14)12-20-7-9-21(10-8-20)16(3,4)5/h11H,6-10,12H2,1-5H3,(H,17,18,19). The molecule has 0 amide bonds. The Balaban J connectivity index is 1.94. The van der Waals surface area contributed by atoms with E-state index in [9.17, 15) is 0 Å². The van der Waals surface area contributed by atoms with E-state index in [0.717, 1.165) is 56.6 Å². The number of piperazine rings is 1. The van der Waals surface area contributed by atoms with E-state index < -0.39 is 0 Å². The van der Waals surface area contributed by atoms with E-state index in [0.29, 0.717) is 0 Å². The van der Waals surface area contributed by atoms with E-state index in [1.807, 2.05) is 13.0 Å². The number of rotatable bonds is 4. The van der Waals surface area contributed by atoms with E-state index >= 15 is 0 Å². The zero-order valence-corrected chi connectivity index (χ0v) is 14.1. The Labute approximate surface area is 128 Å². The van der Waals surface area contributed by atoms with Gasteiger partial charge in [0.1, 0.15) is 11.6 Å². The van der Waals surface area contributed by atoms with Gasteiger partial charge < -0.3 is 5.32 Å². The van der Waals surface area contributed by atoms with Crippen LogP contribution in [0.5, 0.6) is 0 Å². The van der Waals surface area contributed by atoms with Crippen LogP contribution in [-0.2, 0) is 6.54 Å². The van der Waals surface area contributed by atoms with Gasteiger partial charge in [0.15, 0.2) is 0 Å². The van der Waals surface area contributed by atoms with Gasteiger partial charge >= 0.3 is 0 Å². The van der Waals surface area contributed by atoms with Crippen molar-refractivity contribution < 1.29 is 0 Å². The highest BCUT2D eigenvalue weighted by Gasteiger charge is 2.26. The molecule has 1 fully saturated rings. The monoisotopic (exact) mass is 291 g/mol. The maximum atomic E-state index is 4.61. The largest absolute Gasteiger partial charge is 0.370 e. The number of hydrogen-bond donors (Lipinski definition) is 1. The first-order valence-electron chi connectivity index (χ1n) is 7.94. The predicted molar refractivity (Wildman–Crippen MR) is 87.5 cm³/mol. The summed E-state index contributed by atoms with van der Waals surface area (Å²) in [5.41, 5.74) is 1.30. The van der Waals surface area contributed by atoms with Crippen LogP contribution in [0.1, 0.15) is 39.2 Å². The molecule has 118 valence electrons. The van der Waals surface area contributed by atoms with Crippen molar-refractivity contribution in [3.63, 3.8) is 0 Å². The van der Waals surface area contributed by atoms with Crippen LogP contribution in [0.3, 0.4) is 0 Å². The molecule has 0 atom stereocenters. The van der Waals surface area contributed by atoms with E-state index in [-0.39, 0.29) is 5.54 Å². The average molecular weight is 291 g/mol. The second-order valence-corrected chi connectivity index (χ2v) is 6.78. The molecule has 0 bridgehead atoms. The van der Waals surface area contributed by atoms with Gasteiger partial charge in [-0.15, -0.1) is 0 Å². The summed E-state index contributed by atoms with van der Waals surface area (Å²) in [5, 5.41) is 3.28. The molecule has 1 aliphatic heterocycles. The van der Waals surface area contributed by atoms with Crippen molar-refractivity contribution in [3.8, 4) is 0 Å². The van der Waals surface area contributed by atoms with Crippen LogP contribution in [0.2, 0.25) is 0 Å². The Bertz CT molecular complexity index is 458. The molecule has 5 nitrogen and oxygen atoms in total. The third-order valence-electron chi connectivity index (χ3n) is 3.94. The van der Waals surface area contributed by atoms with Gasteiger partial charge in [-0.05, 0) is 34.6 Å². The van der Waals surface area contributed by atoms with Crippen molar-refractivity contribution in [2.75, 3.05) is 38.0 Å². The molecule has 0 unspecified atom stereocenters. The van der Waals surface area contributed by atoms with Gasteiger partial charge in [-0.2, -0.15) is 0 Å². The number of nitrogens with zero attached hydrogens (tertiary/aromatic N) is 4. The molecule has 1 aliphatic rings. The lowest BCUT2D eigenvalue weighted by Crippen LogP contribution is -2.53. The molecule has 0 radical (unpaired) electrons. The molecular formula is C16H29N5. The lowest BCUT2D eigenvalue weighted by molar-refractivity contribution is 0.0580. The van der Waals surface area contributed by atoms with E-state index in [4.69, 9.17) is 0 Å². The summed E-state index contributed by atoms with van der Waals surface area (Å²) < 4.78 is 0. The normalized spacial score (nSPS) is 18.0. The molecule has 0 aliphatic carbocycles. The minimum atomic E-state index is 0.268. The fourth-order valence-corrected chi connectivity index (χ4v) is 2.75. The van der Waals surface area contributed by atoms with E-state index in [1.165, 1.54) is 0 Å². The van der Waals surface area contributed by atoms with Gasteiger partial charge in [-0.3, -0.25) is 9.80 Å². The quantitative estimate of drug-likeness (QED) is 0.920. The summed E-state index contributed by atoms with van der Waals surface area (Å²) in [7, 11) is 0. The summed E-state index contributed by atoms with van der Waals surface area (Å²) in [5.74, 6) is 1.86. The van der Waals surface area contributed by atoms with E-state index in [2.05, 4.69) is 52.8 Å². The first-order chi connectivity index (χ1) is 9.88. The lowest BCUT2D eigenvalue weighted by atomic mass is 10.1. The smallest absolute Gasteiger partial charge is 0.144 e. The maximum Gasteiger partial charge on any atom is 0.144 e. The Morgan fingerprint density at radius 2 is 1.81 bits per heavy atom. The Morgan fingerprint density at radius 3 is 2.38 bits per heavy atom. The fraction of sp³-hybridized carbons (Fsp3) is 0.750. The molecule has 0 aromatic carbocycles. The third-order valence-corrected chi connectivity index (χ3v) is 3.94. The molecule has 1 saturated heterocycles.